The summed E-state index contributed by atoms with van der Waals surface area (Å²) in [6.45, 7) is 6.09. The Kier molecular flexibility index (Phi) is 4.55. The Morgan fingerprint density at radius 2 is 1.92 bits per heavy atom. The first kappa shape index (κ1) is 17.5. The summed E-state index contributed by atoms with van der Waals surface area (Å²) in [5.41, 5.74) is 3.05. The van der Waals surface area contributed by atoms with Gasteiger partial charge in [0.05, 0.1) is 17.1 Å². The lowest BCUT2D eigenvalue weighted by atomic mass is 10.2. The largest absolute Gasteiger partial charge is 0.324 e. The minimum absolute atomic E-state index is 0.173. The summed E-state index contributed by atoms with van der Waals surface area (Å²) in [5.74, 6) is 0.0128. The molecule has 1 aliphatic rings. The second-order valence-corrected chi connectivity index (χ2v) is 8.34. The highest BCUT2D eigenvalue weighted by Gasteiger charge is 2.28. The van der Waals surface area contributed by atoms with Crippen LogP contribution in [0.4, 0.5) is 11.4 Å². The first-order valence-electron chi connectivity index (χ1n) is 8.22. The fourth-order valence-corrected chi connectivity index (χ4v) is 4.60. The molecule has 25 heavy (non-hydrogen) atoms. The number of aromatic nitrogens is 2. The van der Waals surface area contributed by atoms with Gasteiger partial charge in [0.15, 0.2) is 0 Å². The molecule has 0 unspecified atom stereocenters. The van der Waals surface area contributed by atoms with E-state index in [0.29, 0.717) is 24.3 Å². The standard InChI is InChI=1S/C17H22N4O3S/c1-12-11-13(2)21(19-12)14(3)17(22)18-15-5-7-16(8-6-15)20-9-4-10-25(20,23)24/h5-8,11,14H,4,9-10H2,1-3H3,(H,18,22)/t14-/m1/s1. The van der Waals surface area contributed by atoms with E-state index in [1.165, 1.54) is 4.31 Å². The highest BCUT2D eigenvalue weighted by atomic mass is 32.2. The highest BCUT2D eigenvalue weighted by Crippen LogP contribution is 2.25. The van der Waals surface area contributed by atoms with Crippen LogP contribution in [0.15, 0.2) is 30.3 Å². The van der Waals surface area contributed by atoms with Crippen molar-refractivity contribution >= 4 is 27.3 Å². The van der Waals surface area contributed by atoms with Gasteiger partial charge < -0.3 is 5.32 Å². The Labute approximate surface area is 147 Å². The van der Waals surface area contributed by atoms with E-state index in [-0.39, 0.29) is 11.7 Å². The van der Waals surface area contributed by atoms with E-state index in [4.69, 9.17) is 0 Å². The number of rotatable bonds is 4. The molecule has 7 nitrogen and oxygen atoms in total. The predicted octanol–water partition coefficient (Wildman–Crippen LogP) is 2.24. The Balaban J connectivity index is 1.71. The van der Waals surface area contributed by atoms with Gasteiger partial charge in [-0.2, -0.15) is 5.10 Å². The summed E-state index contributed by atoms with van der Waals surface area (Å²) in [5, 5.41) is 7.19. The molecule has 0 aliphatic carbocycles. The molecule has 0 radical (unpaired) electrons. The normalized spacial score (nSPS) is 17.5. The maximum atomic E-state index is 12.4. The van der Waals surface area contributed by atoms with Crippen LogP contribution < -0.4 is 9.62 Å². The summed E-state index contributed by atoms with van der Waals surface area (Å²) in [6.07, 6.45) is 0.640. The molecular formula is C17H22N4O3S. The molecule has 2 aromatic rings. The number of sulfonamides is 1. The minimum Gasteiger partial charge on any atom is -0.324 e. The summed E-state index contributed by atoms with van der Waals surface area (Å²) < 4.78 is 27.0. The molecule has 1 saturated heterocycles. The first-order valence-corrected chi connectivity index (χ1v) is 9.83. The summed E-state index contributed by atoms with van der Waals surface area (Å²) in [4.78, 5) is 12.4. The number of anilines is 2. The Hall–Kier alpha value is -2.35. The SMILES string of the molecule is Cc1cc(C)n([C@H](C)C(=O)Nc2ccc(N3CCCS3(=O)=O)cc2)n1. The molecule has 134 valence electrons. The molecule has 0 spiro atoms. The highest BCUT2D eigenvalue weighted by molar-refractivity contribution is 7.93. The van der Waals surface area contributed by atoms with Crippen LogP contribution in [0, 0.1) is 13.8 Å². The van der Waals surface area contributed by atoms with Crippen LogP contribution in [0.3, 0.4) is 0 Å². The molecule has 1 aromatic heterocycles. The van der Waals surface area contributed by atoms with Gasteiger partial charge in [-0.1, -0.05) is 0 Å². The van der Waals surface area contributed by atoms with Gasteiger partial charge in [-0.25, -0.2) is 8.42 Å². The van der Waals surface area contributed by atoms with Crippen molar-refractivity contribution in [3.05, 3.63) is 41.7 Å². The first-order chi connectivity index (χ1) is 11.8. The molecule has 1 aromatic carbocycles. The van der Waals surface area contributed by atoms with Gasteiger partial charge in [-0.3, -0.25) is 13.8 Å². The zero-order valence-corrected chi connectivity index (χ0v) is 15.4. The van der Waals surface area contributed by atoms with E-state index in [9.17, 15) is 13.2 Å². The van der Waals surface area contributed by atoms with E-state index in [1.807, 2.05) is 19.9 Å². The third-order valence-electron chi connectivity index (χ3n) is 4.31. The molecule has 2 heterocycles. The number of nitrogens with zero attached hydrogens (tertiary/aromatic N) is 3. The average Bonchev–Trinajstić information content (AvgIpc) is 3.08. The molecule has 1 fully saturated rings. The van der Waals surface area contributed by atoms with Gasteiger partial charge in [-0.15, -0.1) is 0 Å². The van der Waals surface area contributed by atoms with Crippen LogP contribution in [0.25, 0.3) is 0 Å². The molecule has 8 heteroatoms. The number of aryl methyl sites for hydroxylation is 2. The Morgan fingerprint density at radius 3 is 2.44 bits per heavy atom. The van der Waals surface area contributed by atoms with Crippen LogP contribution in [-0.4, -0.2) is 36.4 Å². The predicted molar refractivity (Wildman–Crippen MR) is 97.2 cm³/mol. The van der Waals surface area contributed by atoms with Gasteiger partial charge in [-0.05, 0) is 57.5 Å². The number of amides is 1. The van der Waals surface area contributed by atoms with Crippen molar-refractivity contribution in [1.82, 2.24) is 9.78 Å². The quantitative estimate of drug-likeness (QED) is 0.904. The monoisotopic (exact) mass is 362 g/mol. The van der Waals surface area contributed by atoms with Gasteiger partial charge in [0, 0.05) is 17.9 Å². The van der Waals surface area contributed by atoms with Crippen LogP contribution in [0.1, 0.15) is 30.8 Å². The van der Waals surface area contributed by atoms with Crippen LogP contribution in [0.2, 0.25) is 0 Å². The third kappa shape index (κ3) is 3.53. The molecular weight excluding hydrogens is 340 g/mol. The average molecular weight is 362 g/mol. The molecule has 1 atom stereocenters. The second kappa shape index (κ2) is 6.51. The van der Waals surface area contributed by atoms with E-state index in [0.717, 1.165) is 11.4 Å². The van der Waals surface area contributed by atoms with Crippen molar-refractivity contribution in [1.29, 1.82) is 0 Å². The van der Waals surface area contributed by atoms with Crippen molar-refractivity contribution in [3.63, 3.8) is 0 Å². The van der Waals surface area contributed by atoms with Crippen molar-refractivity contribution in [2.45, 2.75) is 33.2 Å². The lowest BCUT2D eigenvalue weighted by Gasteiger charge is -2.18. The van der Waals surface area contributed by atoms with Crippen molar-refractivity contribution in [2.75, 3.05) is 21.9 Å². The van der Waals surface area contributed by atoms with E-state index < -0.39 is 16.1 Å². The molecule has 0 bridgehead atoms. The topological polar surface area (TPSA) is 84.3 Å². The zero-order valence-electron chi connectivity index (χ0n) is 14.6. The summed E-state index contributed by atoms with van der Waals surface area (Å²) in [6, 6.07) is 8.35. The van der Waals surface area contributed by atoms with Gasteiger partial charge in [0.2, 0.25) is 15.9 Å². The molecule has 0 saturated carbocycles. The van der Waals surface area contributed by atoms with E-state index >= 15 is 0 Å². The maximum absolute atomic E-state index is 12.4. The van der Waals surface area contributed by atoms with E-state index in [2.05, 4.69) is 10.4 Å². The number of carbonyl (C=O) groups is 1. The number of benzene rings is 1. The summed E-state index contributed by atoms with van der Waals surface area (Å²) in [7, 11) is -3.19. The smallest absolute Gasteiger partial charge is 0.248 e. The van der Waals surface area contributed by atoms with Crippen molar-refractivity contribution < 1.29 is 13.2 Å². The number of carbonyl (C=O) groups excluding carboxylic acids is 1. The Bertz CT molecular complexity index is 887. The van der Waals surface area contributed by atoms with Gasteiger partial charge in [0.25, 0.3) is 0 Å². The number of hydrogen-bond acceptors (Lipinski definition) is 4. The lowest BCUT2D eigenvalue weighted by molar-refractivity contribution is -0.119. The molecule has 1 N–H and O–H groups in total. The number of hydrogen-bond donors (Lipinski definition) is 1. The fraction of sp³-hybridized carbons (Fsp3) is 0.412. The van der Waals surface area contributed by atoms with Crippen LogP contribution in [-0.2, 0) is 14.8 Å². The lowest BCUT2D eigenvalue weighted by Crippen LogP contribution is -2.26. The van der Waals surface area contributed by atoms with Crippen LogP contribution >= 0.6 is 0 Å². The zero-order chi connectivity index (χ0) is 18.2. The molecule has 1 aliphatic heterocycles. The number of nitrogens with one attached hydrogen (secondary N) is 1. The molecule has 3 rings (SSSR count). The van der Waals surface area contributed by atoms with Crippen LogP contribution in [0.5, 0.6) is 0 Å². The molecule has 1 amide bonds. The van der Waals surface area contributed by atoms with Gasteiger partial charge >= 0.3 is 0 Å². The van der Waals surface area contributed by atoms with Crippen molar-refractivity contribution in [3.8, 4) is 0 Å². The maximum Gasteiger partial charge on any atom is 0.248 e. The third-order valence-corrected chi connectivity index (χ3v) is 6.18. The van der Waals surface area contributed by atoms with Crippen molar-refractivity contribution in [2.24, 2.45) is 0 Å². The van der Waals surface area contributed by atoms with Gasteiger partial charge in [0.1, 0.15) is 6.04 Å². The summed E-state index contributed by atoms with van der Waals surface area (Å²) >= 11 is 0. The fourth-order valence-electron chi connectivity index (χ4n) is 3.04. The Morgan fingerprint density at radius 1 is 1.24 bits per heavy atom. The second-order valence-electron chi connectivity index (χ2n) is 6.33. The minimum atomic E-state index is -3.19. The van der Waals surface area contributed by atoms with E-state index in [1.54, 1.807) is 35.9 Å².